The molecule has 4 nitrogen and oxygen atoms in total. The molecule has 82 valence electrons. The van der Waals surface area contributed by atoms with Gasteiger partial charge in [0.15, 0.2) is 0 Å². The SMILES string of the molecule is CC(N)[C@@H]1CCCCN1CCC(=O)O. The van der Waals surface area contributed by atoms with Crippen LogP contribution in [0.4, 0.5) is 0 Å². The van der Waals surface area contributed by atoms with Crippen molar-refractivity contribution in [1.29, 1.82) is 0 Å². The zero-order valence-corrected chi connectivity index (χ0v) is 8.78. The molecule has 0 radical (unpaired) electrons. The highest BCUT2D eigenvalue weighted by molar-refractivity contribution is 5.66. The van der Waals surface area contributed by atoms with E-state index >= 15 is 0 Å². The number of carboxylic acids is 1. The van der Waals surface area contributed by atoms with Crippen molar-refractivity contribution in [2.75, 3.05) is 13.1 Å². The average Bonchev–Trinajstić information content (AvgIpc) is 2.15. The number of hydrogen-bond acceptors (Lipinski definition) is 3. The molecule has 0 spiro atoms. The lowest BCUT2D eigenvalue weighted by atomic mass is 9.97. The van der Waals surface area contributed by atoms with Crippen molar-refractivity contribution >= 4 is 5.97 Å². The molecule has 1 saturated heterocycles. The standard InChI is InChI=1S/C10H20N2O2/c1-8(11)9-4-2-3-6-12(9)7-5-10(13)14/h8-9H,2-7,11H2,1H3,(H,13,14)/t8?,9-/m0/s1. The maximum absolute atomic E-state index is 10.5. The van der Waals surface area contributed by atoms with Gasteiger partial charge < -0.3 is 10.8 Å². The zero-order valence-electron chi connectivity index (χ0n) is 8.78. The number of nitrogens with two attached hydrogens (primary N) is 1. The molecule has 0 amide bonds. The number of likely N-dealkylation sites (tertiary alicyclic amines) is 1. The summed E-state index contributed by atoms with van der Waals surface area (Å²) >= 11 is 0. The molecular formula is C10H20N2O2. The number of rotatable bonds is 4. The molecule has 1 heterocycles. The lowest BCUT2D eigenvalue weighted by Gasteiger charge is -2.37. The van der Waals surface area contributed by atoms with E-state index in [1.165, 1.54) is 12.8 Å². The molecule has 0 bridgehead atoms. The van der Waals surface area contributed by atoms with Crippen molar-refractivity contribution in [1.82, 2.24) is 4.90 Å². The van der Waals surface area contributed by atoms with E-state index < -0.39 is 5.97 Å². The Kier molecular flexibility index (Phi) is 4.35. The third-order valence-electron chi connectivity index (χ3n) is 2.88. The van der Waals surface area contributed by atoms with Crippen molar-refractivity contribution in [3.8, 4) is 0 Å². The quantitative estimate of drug-likeness (QED) is 0.699. The second-order valence-electron chi connectivity index (χ2n) is 4.10. The zero-order chi connectivity index (χ0) is 10.6. The van der Waals surface area contributed by atoms with Gasteiger partial charge in [-0.1, -0.05) is 6.42 Å². The first-order valence-electron chi connectivity index (χ1n) is 5.32. The molecule has 2 atom stereocenters. The van der Waals surface area contributed by atoms with Crippen LogP contribution < -0.4 is 5.73 Å². The van der Waals surface area contributed by atoms with Gasteiger partial charge in [-0.15, -0.1) is 0 Å². The minimum atomic E-state index is -0.723. The number of aliphatic carboxylic acids is 1. The van der Waals surface area contributed by atoms with Gasteiger partial charge in [0.1, 0.15) is 0 Å². The van der Waals surface area contributed by atoms with Gasteiger partial charge >= 0.3 is 5.97 Å². The van der Waals surface area contributed by atoms with Gasteiger partial charge in [0.25, 0.3) is 0 Å². The third kappa shape index (κ3) is 3.27. The van der Waals surface area contributed by atoms with Gasteiger partial charge in [-0.25, -0.2) is 0 Å². The lowest BCUT2D eigenvalue weighted by molar-refractivity contribution is -0.137. The summed E-state index contributed by atoms with van der Waals surface area (Å²) in [5.41, 5.74) is 5.87. The Balaban J connectivity index is 2.41. The molecule has 4 heteroatoms. The van der Waals surface area contributed by atoms with Crippen molar-refractivity contribution in [3.05, 3.63) is 0 Å². The minimum absolute atomic E-state index is 0.143. The molecule has 1 unspecified atom stereocenters. The summed E-state index contributed by atoms with van der Waals surface area (Å²) in [6.45, 7) is 3.64. The first-order valence-corrected chi connectivity index (χ1v) is 5.32. The topological polar surface area (TPSA) is 66.6 Å². The molecule has 1 aliphatic heterocycles. The van der Waals surface area contributed by atoms with E-state index in [4.69, 9.17) is 10.8 Å². The summed E-state index contributed by atoms with van der Waals surface area (Å²) in [6, 6.07) is 0.521. The average molecular weight is 200 g/mol. The number of nitrogens with zero attached hydrogens (tertiary/aromatic N) is 1. The van der Waals surface area contributed by atoms with Crippen molar-refractivity contribution in [2.45, 2.75) is 44.7 Å². The molecule has 1 aliphatic rings. The summed E-state index contributed by atoms with van der Waals surface area (Å²) in [6.07, 6.45) is 3.72. The van der Waals surface area contributed by atoms with E-state index in [1.54, 1.807) is 0 Å². The Morgan fingerprint density at radius 1 is 1.64 bits per heavy atom. The smallest absolute Gasteiger partial charge is 0.304 e. The highest BCUT2D eigenvalue weighted by Crippen LogP contribution is 2.18. The van der Waals surface area contributed by atoms with Gasteiger partial charge in [0.05, 0.1) is 6.42 Å². The van der Waals surface area contributed by atoms with E-state index in [-0.39, 0.29) is 12.5 Å². The summed E-state index contributed by atoms with van der Waals surface area (Å²) < 4.78 is 0. The lowest BCUT2D eigenvalue weighted by Crippen LogP contribution is -2.49. The van der Waals surface area contributed by atoms with E-state index in [9.17, 15) is 4.79 Å². The van der Waals surface area contributed by atoms with Crippen LogP contribution in [-0.4, -0.2) is 41.1 Å². The highest BCUT2D eigenvalue weighted by Gasteiger charge is 2.25. The van der Waals surface area contributed by atoms with E-state index in [1.807, 2.05) is 6.92 Å². The number of hydrogen-bond donors (Lipinski definition) is 2. The fourth-order valence-electron chi connectivity index (χ4n) is 2.13. The molecule has 3 N–H and O–H groups in total. The van der Waals surface area contributed by atoms with Crippen LogP contribution in [-0.2, 0) is 4.79 Å². The first kappa shape index (κ1) is 11.5. The molecule has 0 aromatic heterocycles. The monoisotopic (exact) mass is 200 g/mol. The van der Waals surface area contributed by atoms with Crippen LogP contribution in [0.25, 0.3) is 0 Å². The Morgan fingerprint density at radius 3 is 2.93 bits per heavy atom. The van der Waals surface area contributed by atoms with E-state index in [0.29, 0.717) is 12.6 Å². The molecule has 0 aliphatic carbocycles. The summed E-state index contributed by atoms with van der Waals surface area (Å²) in [4.78, 5) is 12.7. The second-order valence-corrected chi connectivity index (χ2v) is 4.10. The van der Waals surface area contributed by atoms with E-state index in [0.717, 1.165) is 13.0 Å². The third-order valence-corrected chi connectivity index (χ3v) is 2.88. The Morgan fingerprint density at radius 2 is 2.36 bits per heavy atom. The van der Waals surface area contributed by atoms with Crippen LogP contribution in [0.5, 0.6) is 0 Å². The normalized spacial score (nSPS) is 26.0. The predicted octanol–water partition coefficient (Wildman–Crippen LogP) is 0.663. The van der Waals surface area contributed by atoms with Crippen LogP contribution in [0.2, 0.25) is 0 Å². The Labute approximate surface area is 85.1 Å². The van der Waals surface area contributed by atoms with Crippen LogP contribution in [0.3, 0.4) is 0 Å². The van der Waals surface area contributed by atoms with Crippen molar-refractivity contribution < 1.29 is 9.90 Å². The molecule has 0 aromatic rings. The van der Waals surface area contributed by atoms with Crippen molar-refractivity contribution in [3.63, 3.8) is 0 Å². The fraction of sp³-hybridized carbons (Fsp3) is 0.900. The number of carboxylic acid groups (broad SMARTS) is 1. The Hall–Kier alpha value is -0.610. The maximum Gasteiger partial charge on any atom is 0.304 e. The van der Waals surface area contributed by atoms with Gasteiger partial charge in [0, 0.05) is 18.6 Å². The summed E-state index contributed by atoms with van der Waals surface area (Å²) in [5, 5.41) is 8.61. The highest BCUT2D eigenvalue weighted by atomic mass is 16.4. The summed E-state index contributed by atoms with van der Waals surface area (Å²) in [5.74, 6) is -0.723. The Bertz CT molecular complexity index is 195. The van der Waals surface area contributed by atoms with Crippen molar-refractivity contribution in [2.24, 2.45) is 5.73 Å². The van der Waals surface area contributed by atoms with Gasteiger partial charge in [-0.05, 0) is 26.3 Å². The maximum atomic E-state index is 10.5. The fourth-order valence-corrected chi connectivity index (χ4v) is 2.13. The molecule has 1 fully saturated rings. The van der Waals surface area contributed by atoms with Crippen LogP contribution >= 0.6 is 0 Å². The molecule has 0 aromatic carbocycles. The first-order chi connectivity index (χ1) is 6.61. The van der Waals surface area contributed by atoms with Gasteiger partial charge in [0.2, 0.25) is 0 Å². The number of piperidine rings is 1. The van der Waals surface area contributed by atoms with Crippen LogP contribution in [0.15, 0.2) is 0 Å². The van der Waals surface area contributed by atoms with Crippen LogP contribution in [0, 0.1) is 0 Å². The molecule has 14 heavy (non-hydrogen) atoms. The van der Waals surface area contributed by atoms with Crippen LogP contribution in [0.1, 0.15) is 32.6 Å². The number of carbonyl (C=O) groups is 1. The van der Waals surface area contributed by atoms with Gasteiger partial charge in [-0.2, -0.15) is 0 Å². The molecular weight excluding hydrogens is 180 g/mol. The van der Waals surface area contributed by atoms with E-state index in [2.05, 4.69) is 4.90 Å². The predicted molar refractivity (Wildman–Crippen MR) is 55.1 cm³/mol. The minimum Gasteiger partial charge on any atom is -0.481 e. The largest absolute Gasteiger partial charge is 0.481 e. The van der Waals surface area contributed by atoms with Gasteiger partial charge in [-0.3, -0.25) is 9.69 Å². The molecule has 0 saturated carbocycles. The second kappa shape index (κ2) is 5.32. The summed E-state index contributed by atoms with van der Waals surface area (Å²) in [7, 11) is 0. The molecule has 1 rings (SSSR count).